The molecule has 0 aliphatic rings. The van der Waals surface area contributed by atoms with Crippen LogP contribution in [0.15, 0.2) is 73.1 Å². The molecule has 0 saturated heterocycles. The van der Waals surface area contributed by atoms with E-state index >= 15 is 0 Å². The molecule has 0 aliphatic carbocycles. The van der Waals surface area contributed by atoms with E-state index in [2.05, 4.69) is 20.3 Å². The van der Waals surface area contributed by atoms with E-state index in [1.54, 1.807) is 16.9 Å². The van der Waals surface area contributed by atoms with Crippen LogP contribution in [0.25, 0.3) is 21.8 Å². The molecule has 0 spiro atoms. The third-order valence-electron chi connectivity index (χ3n) is 4.82. The highest BCUT2D eigenvalue weighted by molar-refractivity contribution is 5.81. The summed E-state index contributed by atoms with van der Waals surface area (Å²) in [4.78, 5) is 8.60. The Bertz CT molecular complexity index is 1350. The number of hydrogen-bond donors (Lipinski definition) is 1. The fourth-order valence-electron chi connectivity index (χ4n) is 3.28. The Balaban J connectivity index is 1.15. The fourth-order valence-corrected chi connectivity index (χ4v) is 3.28. The Kier molecular flexibility index (Phi) is 5.02. The molecule has 0 bridgehead atoms. The van der Waals surface area contributed by atoms with Gasteiger partial charge in [-0.1, -0.05) is 11.3 Å². The Morgan fingerprint density at radius 2 is 1.68 bits per heavy atom. The minimum atomic E-state index is 0.341. The second-order valence-electron chi connectivity index (χ2n) is 7.06. The highest BCUT2D eigenvalue weighted by Crippen LogP contribution is 2.21. The largest absolute Gasteiger partial charge is 0.492 e. The molecule has 2 aromatic carbocycles. The maximum atomic E-state index is 5.85. The number of fused-ring (bicyclic) bond motifs is 2. The van der Waals surface area contributed by atoms with Crippen LogP contribution in [0.5, 0.6) is 11.5 Å². The van der Waals surface area contributed by atoms with Crippen LogP contribution in [-0.4, -0.2) is 31.6 Å². The van der Waals surface area contributed by atoms with Crippen molar-refractivity contribution in [1.82, 2.24) is 25.0 Å². The Hall–Kier alpha value is -4.20. The zero-order chi connectivity index (χ0) is 21.0. The standard InChI is InChI=1S/C23H20N6O2/c24-23-8-3-17-13-19(5-7-22(17)26-23)30-11-10-29-14-18(27-28-29)15-31-20-4-6-21-16(12-20)2-1-9-25-21/h1-9,12-14H,10-11,15H2,(H2,24,26). The van der Waals surface area contributed by atoms with Crippen LogP contribution < -0.4 is 15.2 Å². The topological polar surface area (TPSA) is 101 Å². The van der Waals surface area contributed by atoms with Gasteiger partial charge in [-0.2, -0.15) is 0 Å². The summed E-state index contributed by atoms with van der Waals surface area (Å²) in [6.07, 6.45) is 3.64. The minimum Gasteiger partial charge on any atom is -0.492 e. The number of aromatic nitrogens is 5. The molecule has 3 aromatic heterocycles. The highest BCUT2D eigenvalue weighted by Gasteiger charge is 2.05. The zero-order valence-corrected chi connectivity index (χ0v) is 16.7. The second-order valence-corrected chi connectivity index (χ2v) is 7.06. The normalized spacial score (nSPS) is 11.1. The van der Waals surface area contributed by atoms with Crippen molar-refractivity contribution in [2.75, 3.05) is 12.3 Å². The van der Waals surface area contributed by atoms with Crippen molar-refractivity contribution in [3.63, 3.8) is 0 Å². The first-order valence-electron chi connectivity index (χ1n) is 9.89. The molecule has 0 amide bonds. The molecule has 8 nitrogen and oxygen atoms in total. The van der Waals surface area contributed by atoms with Gasteiger partial charge < -0.3 is 15.2 Å². The Morgan fingerprint density at radius 3 is 2.58 bits per heavy atom. The molecule has 0 radical (unpaired) electrons. The molecule has 3 heterocycles. The molecule has 0 saturated carbocycles. The van der Waals surface area contributed by atoms with E-state index in [0.717, 1.165) is 39.0 Å². The summed E-state index contributed by atoms with van der Waals surface area (Å²) < 4.78 is 13.4. The first-order chi connectivity index (χ1) is 15.2. The smallest absolute Gasteiger partial charge is 0.134 e. The predicted molar refractivity (Wildman–Crippen MR) is 118 cm³/mol. The first-order valence-corrected chi connectivity index (χ1v) is 9.89. The van der Waals surface area contributed by atoms with Gasteiger partial charge in [0.25, 0.3) is 0 Å². The van der Waals surface area contributed by atoms with Gasteiger partial charge in [0.05, 0.1) is 23.8 Å². The van der Waals surface area contributed by atoms with Crippen molar-refractivity contribution in [1.29, 1.82) is 0 Å². The summed E-state index contributed by atoms with van der Waals surface area (Å²) in [7, 11) is 0. The summed E-state index contributed by atoms with van der Waals surface area (Å²) in [5.74, 6) is 2.05. The number of benzene rings is 2. The van der Waals surface area contributed by atoms with Gasteiger partial charge in [0.15, 0.2) is 0 Å². The molecule has 154 valence electrons. The van der Waals surface area contributed by atoms with Gasteiger partial charge in [0, 0.05) is 17.0 Å². The van der Waals surface area contributed by atoms with Gasteiger partial charge in [-0.15, -0.1) is 5.10 Å². The number of ether oxygens (including phenoxy) is 2. The Morgan fingerprint density at radius 1 is 0.871 bits per heavy atom. The summed E-state index contributed by atoms with van der Waals surface area (Å²) >= 11 is 0. The van der Waals surface area contributed by atoms with E-state index in [0.29, 0.717) is 25.6 Å². The number of nitrogen functional groups attached to an aromatic ring is 1. The SMILES string of the molecule is Nc1ccc2cc(OCCn3cc(COc4ccc5ncccc5c4)nn3)ccc2n1. The van der Waals surface area contributed by atoms with Crippen LogP contribution in [-0.2, 0) is 13.2 Å². The van der Waals surface area contributed by atoms with E-state index in [-0.39, 0.29) is 0 Å². The van der Waals surface area contributed by atoms with Gasteiger partial charge >= 0.3 is 0 Å². The molecule has 0 aliphatic heterocycles. The number of hydrogen-bond acceptors (Lipinski definition) is 7. The lowest BCUT2D eigenvalue weighted by molar-refractivity contribution is 0.290. The zero-order valence-electron chi connectivity index (χ0n) is 16.7. The molecular weight excluding hydrogens is 392 g/mol. The molecule has 2 N–H and O–H groups in total. The molecule has 5 aromatic rings. The predicted octanol–water partition coefficient (Wildman–Crippen LogP) is 3.61. The van der Waals surface area contributed by atoms with Crippen LogP contribution in [0.4, 0.5) is 5.82 Å². The van der Waals surface area contributed by atoms with Gasteiger partial charge in [-0.25, -0.2) is 9.67 Å². The molecule has 0 unspecified atom stereocenters. The minimum absolute atomic E-state index is 0.341. The van der Waals surface area contributed by atoms with E-state index < -0.39 is 0 Å². The van der Waals surface area contributed by atoms with Crippen LogP contribution in [0, 0.1) is 0 Å². The third kappa shape index (κ3) is 4.37. The van der Waals surface area contributed by atoms with Gasteiger partial charge in [0.1, 0.15) is 36.2 Å². The monoisotopic (exact) mass is 412 g/mol. The van der Waals surface area contributed by atoms with Crippen molar-refractivity contribution in [2.45, 2.75) is 13.2 Å². The summed E-state index contributed by atoms with van der Waals surface area (Å²) in [5, 5.41) is 10.3. The highest BCUT2D eigenvalue weighted by atomic mass is 16.5. The number of nitrogens with zero attached hydrogens (tertiary/aromatic N) is 5. The van der Waals surface area contributed by atoms with E-state index in [4.69, 9.17) is 15.2 Å². The molecule has 0 fully saturated rings. The summed E-state index contributed by atoms with van der Waals surface area (Å²) in [5.41, 5.74) is 8.25. The number of nitrogens with two attached hydrogens (primary N) is 1. The molecular formula is C23H20N6O2. The maximum absolute atomic E-state index is 5.85. The van der Waals surface area contributed by atoms with Crippen LogP contribution in [0.2, 0.25) is 0 Å². The average Bonchev–Trinajstić information content (AvgIpc) is 3.25. The third-order valence-corrected chi connectivity index (χ3v) is 4.82. The van der Waals surface area contributed by atoms with Gasteiger partial charge in [-0.3, -0.25) is 4.98 Å². The second kappa shape index (κ2) is 8.27. The lowest BCUT2D eigenvalue weighted by Gasteiger charge is -2.07. The summed E-state index contributed by atoms with van der Waals surface area (Å²) in [6.45, 7) is 1.38. The van der Waals surface area contributed by atoms with Crippen molar-refractivity contribution in [2.24, 2.45) is 0 Å². The first kappa shape index (κ1) is 18.8. The average molecular weight is 412 g/mol. The van der Waals surface area contributed by atoms with Crippen molar-refractivity contribution < 1.29 is 9.47 Å². The lowest BCUT2D eigenvalue weighted by Crippen LogP contribution is -2.08. The van der Waals surface area contributed by atoms with Crippen molar-refractivity contribution in [3.05, 3.63) is 78.8 Å². The van der Waals surface area contributed by atoms with E-state index in [1.807, 2.05) is 60.8 Å². The molecule has 5 rings (SSSR count). The molecule has 8 heteroatoms. The van der Waals surface area contributed by atoms with Gasteiger partial charge in [-0.05, 0) is 54.6 Å². The van der Waals surface area contributed by atoms with Gasteiger partial charge in [0.2, 0.25) is 0 Å². The molecule has 0 atom stereocenters. The molecule has 31 heavy (non-hydrogen) atoms. The fraction of sp³-hybridized carbons (Fsp3) is 0.130. The number of pyridine rings is 2. The maximum Gasteiger partial charge on any atom is 0.134 e. The Labute approximate surface area is 178 Å². The number of rotatable bonds is 7. The van der Waals surface area contributed by atoms with Crippen molar-refractivity contribution in [3.8, 4) is 11.5 Å². The van der Waals surface area contributed by atoms with Crippen LogP contribution in [0.3, 0.4) is 0 Å². The summed E-state index contributed by atoms with van der Waals surface area (Å²) in [6, 6.07) is 19.2. The van der Waals surface area contributed by atoms with E-state index in [9.17, 15) is 0 Å². The lowest BCUT2D eigenvalue weighted by atomic mass is 10.2. The number of anilines is 1. The quantitative estimate of drug-likeness (QED) is 0.436. The van der Waals surface area contributed by atoms with Crippen LogP contribution in [0.1, 0.15) is 5.69 Å². The van der Waals surface area contributed by atoms with Crippen LogP contribution >= 0.6 is 0 Å². The van der Waals surface area contributed by atoms with E-state index in [1.165, 1.54) is 0 Å². The van der Waals surface area contributed by atoms with Crippen molar-refractivity contribution >= 4 is 27.6 Å².